The van der Waals surface area contributed by atoms with Crippen molar-refractivity contribution < 1.29 is 28.8 Å². The normalized spacial score (nSPS) is 20.6. The van der Waals surface area contributed by atoms with Gasteiger partial charge in [-0.05, 0) is 67.0 Å². The van der Waals surface area contributed by atoms with Crippen molar-refractivity contribution in [2.45, 2.75) is 44.8 Å². The number of fused-ring (bicyclic) bond motifs is 3. The lowest BCUT2D eigenvalue weighted by Crippen LogP contribution is -2.52. The predicted octanol–water partition coefficient (Wildman–Crippen LogP) is 3.39. The van der Waals surface area contributed by atoms with Gasteiger partial charge in [0.15, 0.2) is 23.0 Å². The van der Waals surface area contributed by atoms with E-state index in [-0.39, 0.29) is 31.0 Å². The highest BCUT2D eigenvalue weighted by atomic mass is 16.5. The van der Waals surface area contributed by atoms with Crippen molar-refractivity contribution in [3.8, 4) is 23.0 Å². The highest BCUT2D eigenvalue weighted by Crippen LogP contribution is 2.47. The summed E-state index contributed by atoms with van der Waals surface area (Å²) < 4.78 is 22.1. The van der Waals surface area contributed by atoms with Crippen molar-refractivity contribution in [1.82, 2.24) is 9.80 Å². The summed E-state index contributed by atoms with van der Waals surface area (Å²) in [6, 6.07) is 6.95. The summed E-state index contributed by atoms with van der Waals surface area (Å²) in [5.41, 5.74) is 3.86. The molecule has 8 nitrogen and oxygen atoms in total. The maximum atomic E-state index is 13.7. The fourth-order valence-corrected chi connectivity index (χ4v) is 5.39. The summed E-state index contributed by atoms with van der Waals surface area (Å²) in [7, 11) is 10.4. The molecule has 0 aliphatic carbocycles. The number of likely N-dealkylation sites (N-methyl/N-ethyl adjacent to an activating group) is 1. The van der Waals surface area contributed by atoms with E-state index < -0.39 is 6.04 Å². The zero-order chi connectivity index (χ0) is 25.9. The molecule has 0 aromatic heterocycles. The third-order valence-electron chi connectivity index (χ3n) is 6.81. The van der Waals surface area contributed by atoms with Crippen molar-refractivity contribution in [2.75, 3.05) is 49.1 Å². The fourth-order valence-electron chi connectivity index (χ4n) is 5.39. The number of benzene rings is 2. The van der Waals surface area contributed by atoms with Crippen LogP contribution in [-0.4, -0.2) is 76.0 Å². The molecule has 0 bridgehead atoms. The Morgan fingerprint density at radius 2 is 1.34 bits per heavy atom. The minimum Gasteiger partial charge on any atom is -0.493 e. The number of methoxy groups -OCH3 is 4. The minimum atomic E-state index is -0.480. The molecule has 0 radical (unpaired) electrons. The van der Waals surface area contributed by atoms with E-state index in [0.29, 0.717) is 29.4 Å². The Bertz CT molecular complexity index is 1050. The molecule has 4 rings (SSSR count). The first-order valence-electron chi connectivity index (χ1n) is 12.0. The van der Waals surface area contributed by atoms with Gasteiger partial charge < -0.3 is 33.9 Å². The second kappa shape index (κ2) is 11.2. The molecule has 0 spiro atoms. The van der Waals surface area contributed by atoms with Crippen LogP contribution in [0.25, 0.3) is 0 Å². The van der Waals surface area contributed by atoms with E-state index in [0.717, 1.165) is 22.3 Å². The number of rotatable bonds is 6. The van der Waals surface area contributed by atoms with Crippen molar-refractivity contribution >= 4 is 5.91 Å². The van der Waals surface area contributed by atoms with E-state index in [1.807, 2.05) is 57.1 Å². The zero-order valence-electron chi connectivity index (χ0n) is 22.0. The molecule has 2 unspecified atom stereocenters. The Kier molecular flexibility index (Phi) is 8.51. The average molecular weight is 487 g/mol. The molecule has 8 heteroatoms. The van der Waals surface area contributed by atoms with E-state index >= 15 is 0 Å². The second-order valence-corrected chi connectivity index (χ2v) is 8.67. The van der Waals surface area contributed by atoms with Crippen LogP contribution in [0.4, 0.5) is 0 Å². The van der Waals surface area contributed by atoms with Crippen LogP contribution in [0.2, 0.25) is 0 Å². The number of hydrogen-bond donors (Lipinski definition) is 1. The van der Waals surface area contributed by atoms with Gasteiger partial charge >= 0.3 is 0 Å². The summed E-state index contributed by atoms with van der Waals surface area (Å²) in [5, 5.41) is 10.5. The fraction of sp³-hybridized carbons (Fsp3) is 0.519. The van der Waals surface area contributed by atoms with Crippen LogP contribution in [0.5, 0.6) is 23.0 Å². The number of amides is 1. The van der Waals surface area contributed by atoms with Crippen LogP contribution < -0.4 is 18.9 Å². The summed E-state index contributed by atoms with van der Waals surface area (Å²) in [6.45, 7) is 3.81. The third-order valence-corrected chi connectivity index (χ3v) is 6.81. The monoisotopic (exact) mass is 486 g/mol. The molecule has 1 amide bonds. The Morgan fingerprint density at radius 1 is 0.857 bits per heavy atom. The van der Waals surface area contributed by atoms with Crippen LogP contribution in [0, 0.1) is 0 Å². The highest BCUT2D eigenvalue weighted by molar-refractivity contribution is 5.82. The summed E-state index contributed by atoms with van der Waals surface area (Å²) in [4.78, 5) is 17.6. The molecule has 35 heavy (non-hydrogen) atoms. The van der Waals surface area contributed by atoms with Crippen molar-refractivity contribution in [3.63, 3.8) is 0 Å². The molecule has 0 saturated carbocycles. The van der Waals surface area contributed by atoms with Crippen LogP contribution in [0.3, 0.4) is 0 Å². The van der Waals surface area contributed by atoms with Crippen molar-refractivity contribution in [2.24, 2.45) is 0 Å². The summed E-state index contributed by atoms with van der Waals surface area (Å²) in [6.07, 6.45) is 0.838. The number of carbonyl (C=O) groups excluding carboxylic acids is 1. The maximum Gasteiger partial charge on any atom is 0.227 e. The van der Waals surface area contributed by atoms with E-state index in [9.17, 15) is 9.90 Å². The number of aliphatic hydroxyl groups excluding tert-OH is 1. The summed E-state index contributed by atoms with van der Waals surface area (Å²) >= 11 is 0. The maximum absolute atomic E-state index is 13.7. The average Bonchev–Trinajstić information content (AvgIpc) is 2.99. The first-order chi connectivity index (χ1) is 16.9. The number of nitrogens with zero attached hydrogens (tertiary/aromatic N) is 2. The van der Waals surface area contributed by atoms with Gasteiger partial charge in [0.05, 0.1) is 59.6 Å². The van der Waals surface area contributed by atoms with Gasteiger partial charge in [0.2, 0.25) is 5.91 Å². The Hall–Kier alpha value is -2.97. The minimum absolute atomic E-state index is 0.0303. The van der Waals surface area contributed by atoms with E-state index in [1.165, 1.54) is 0 Å². The lowest BCUT2D eigenvalue weighted by atomic mass is 9.83. The molecular formula is C27H38N2O6. The highest BCUT2D eigenvalue weighted by Gasteiger charge is 2.45. The number of carbonyl (C=O) groups is 1. The molecule has 3 atom stereocenters. The SMILES string of the molecule is CC.COc1cc2c(cc1OC)C(CO)N1C(=O)Cc3cc(OC)c(OC)cc3[C@@H](N(C)C)C1C2. The third kappa shape index (κ3) is 4.65. The molecule has 2 aliphatic rings. The molecule has 0 fully saturated rings. The van der Waals surface area contributed by atoms with Gasteiger partial charge in [-0.15, -0.1) is 0 Å². The summed E-state index contributed by atoms with van der Waals surface area (Å²) in [5.74, 6) is 2.41. The molecule has 0 saturated heterocycles. The standard InChI is InChI=1S/C25H32N2O6.C2H6/c1-26(2)25-17-12-23(33-6)21(31-4)9-15(17)10-24(29)27-18(25)7-14-8-20(30-3)22(32-5)11-16(14)19(27)13-28;1-2/h8-9,11-12,18-19,25,28H,7,10,13H2,1-6H3;1-2H3/t18?,19?,25-;/m1./s1. The van der Waals surface area contributed by atoms with Gasteiger partial charge in [0.25, 0.3) is 0 Å². The molecule has 2 aliphatic heterocycles. The van der Waals surface area contributed by atoms with E-state index in [1.54, 1.807) is 28.4 Å². The van der Waals surface area contributed by atoms with Crippen LogP contribution in [0.1, 0.15) is 48.2 Å². The molecule has 2 aromatic rings. The number of aliphatic hydroxyl groups is 1. The van der Waals surface area contributed by atoms with Crippen LogP contribution in [0.15, 0.2) is 24.3 Å². The quantitative estimate of drug-likeness (QED) is 0.670. The van der Waals surface area contributed by atoms with Crippen LogP contribution in [-0.2, 0) is 17.6 Å². The Morgan fingerprint density at radius 3 is 1.83 bits per heavy atom. The lowest BCUT2D eigenvalue weighted by Gasteiger charge is -2.46. The molecule has 192 valence electrons. The van der Waals surface area contributed by atoms with Crippen molar-refractivity contribution in [1.29, 1.82) is 0 Å². The van der Waals surface area contributed by atoms with E-state index in [2.05, 4.69) is 4.90 Å². The topological polar surface area (TPSA) is 80.7 Å². The molecule has 1 N–H and O–H groups in total. The molecular weight excluding hydrogens is 448 g/mol. The Balaban J connectivity index is 0.00000167. The number of hydrogen-bond acceptors (Lipinski definition) is 7. The molecule has 2 heterocycles. The van der Waals surface area contributed by atoms with Gasteiger partial charge in [-0.3, -0.25) is 4.79 Å². The molecule has 2 aromatic carbocycles. The van der Waals surface area contributed by atoms with Gasteiger partial charge in [-0.1, -0.05) is 13.8 Å². The Labute approximate surface area is 208 Å². The first kappa shape index (κ1) is 26.6. The van der Waals surface area contributed by atoms with E-state index in [4.69, 9.17) is 18.9 Å². The zero-order valence-corrected chi connectivity index (χ0v) is 22.0. The largest absolute Gasteiger partial charge is 0.493 e. The lowest BCUT2D eigenvalue weighted by molar-refractivity contribution is -0.139. The van der Waals surface area contributed by atoms with Gasteiger partial charge in [0.1, 0.15) is 0 Å². The second-order valence-electron chi connectivity index (χ2n) is 8.67. The first-order valence-corrected chi connectivity index (χ1v) is 12.0. The predicted molar refractivity (Wildman–Crippen MR) is 135 cm³/mol. The smallest absolute Gasteiger partial charge is 0.227 e. The van der Waals surface area contributed by atoms with Gasteiger partial charge in [0, 0.05) is 0 Å². The van der Waals surface area contributed by atoms with Gasteiger partial charge in [-0.2, -0.15) is 0 Å². The van der Waals surface area contributed by atoms with Crippen LogP contribution >= 0.6 is 0 Å². The van der Waals surface area contributed by atoms with Gasteiger partial charge in [-0.25, -0.2) is 0 Å². The van der Waals surface area contributed by atoms with Crippen molar-refractivity contribution in [3.05, 3.63) is 46.5 Å². The number of ether oxygens (including phenoxy) is 4.